The van der Waals surface area contributed by atoms with E-state index in [1.807, 2.05) is 0 Å². The first kappa shape index (κ1) is 15.5. The van der Waals surface area contributed by atoms with Crippen LogP contribution in [0.3, 0.4) is 0 Å². The van der Waals surface area contributed by atoms with Crippen molar-refractivity contribution in [3.8, 4) is 0 Å². The summed E-state index contributed by atoms with van der Waals surface area (Å²) in [5, 5.41) is 0. The first-order valence-electron chi connectivity index (χ1n) is 7.05. The number of methoxy groups -OCH3 is 1. The first-order valence-corrected chi connectivity index (χ1v) is 7.05. The summed E-state index contributed by atoms with van der Waals surface area (Å²) in [5.74, 6) is -0.125. The van der Waals surface area contributed by atoms with E-state index in [1.165, 1.54) is 31.2 Å². The van der Waals surface area contributed by atoms with E-state index in [9.17, 15) is 4.79 Å². The van der Waals surface area contributed by atoms with Crippen LogP contribution >= 0.6 is 0 Å². The Morgan fingerprint density at radius 3 is 2.63 bits per heavy atom. The van der Waals surface area contributed by atoms with E-state index in [-0.39, 0.29) is 5.97 Å². The number of esters is 1. The lowest BCUT2D eigenvalue weighted by Gasteiger charge is -2.25. The summed E-state index contributed by atoms with van der Waals surface area (Å²) in [4.78, 5) is 13.5. The molecule has 0 N–H and O–H groups in total. The second-order valence-electron chi connectivity index (χ2n) is 4.86. The molecule has 0 spiro atoms. The van der Waals surface area contributed by atoms with Gasteiger partial charge in [0, 0.05) is 25.2 Å². The monoisotopic (exact) mass is 263 g/mol. The van der Waals surface area contributed by atoms with Crippen LogP contribution in [-0.4, -0.2) is 26.2 Å². The molecule has 1 rings (SSSR count). The van der Waals surface area contributed by atoms with E-state index in [4.69, 9.17) is 0 Å². The maximum Gasteiger partial charge on any atom is 0.305 e. The fourth-order valence-corrected chi connectivity index (χ4v) is 2.06. The lowest BCUT2D eigenvalue weighted by atomic mass is 10.2. The highest BCUT2D eigenvalue weighted by Crippen LogP contribution is 2.17. The van der Waals surface area contributed by atoms with Crippen LogP contribution in [0, 0.1) is 6.92 Å². The number of benzene rings is 1. The van der Waals surface area contributed by atoms with Gasteiger partial charge in [-0.25, -0.2) is 0 Å². The zero-order valence-corrected chi connectivity index (χ0v) is 12.3. The van der Waals surface area contributed by atoms with Crippen LogP contribution in [0.2, 0.25) is 0 Å². The van der Waals surface area contributed by atoms with Crippen molar-refractivity contribution < 1.29 is 9.53 Å². The van der Waals surface area contributed by atoms with Gasteiger partial charge in [0.25, 0.3) is 0 Å². The second kappa shape index (κ2) is 8.57. The Hall–Kier alpha value is -1.51. The molecule has 0 saturated carbocycles. The Morgan fingerprint density at radius 2 is 2.00 bits per heavy atom. The van der Waals surface area contributed by atoms with Crippen molar-refractivity contribution in [3.05, 3.63) is 29.8 Å². The normalized spacial score (nSPS) is 10.3. The highest BCUT2D eigenvalue weighted by Gasteiger charge is 2.07. The van der Waals surface area contributed by atoms with Gasteiger partial charge in [-0.05, 0) is 37.5 Å². The van der Waals surface area contributed by atoms with Crippen molar-refractivity contribution in [1.29, 1.82) is 0 Å². The molecular weight excluding hydrogens is 238 g/mol. The Bertz CT molecular complexity index is 390. The Balaban J connectivity index is 2.58. The van der Waals surface area contributed by atoms with E-state index in [2.05, 4.69) is 47.7 Å². The summed E-state index contributed by atoms with van der Waals surface area (Å²) in [6.45, 7) is 6.25. The Kier molecular flexibility index (Phi) is 7.01. The van der Waals surface area contributed by atoms with Gasteiger partial charge in [-0.2, -0.15) is 0 Å². The predicted octanol–water partition coefficient (Wildman–Crippen LogP) is 3.55. The molecule has 0 unspecified atom stereocenters. The number of nitrogens with zero attached hydrogens (tertiary/aromatic N) is 1. The summed E-state index contributed by atoms with van der Waals surface area (Å²) < 4.78 is 4.68. The van der Waals surface area contributed by atoms with E-state index < -0.39 is 0 Å². The number of anilines is 1. The van der Waals surface area contributed by atoms with Crippen molar-refractivity contribution in [2.45, 2.75) is 39.5 Å². The summed E-state index contributed by atoms with van der Waals surface area (Å²) in [6.07, 6.45) is 3.68. The average Bonchev–Trinajstić information content (AvgIpc) is 2.42. The standard InChI is InChI=1S/C16H25NO2/c1-4-5-11-17(12-7-10-16(18)19-3)15-9-6-8-14(2)13-15/h6,8-9,13H,4-5,7,10-12H2,1-3H3. The van der Waals surface area contributed by atoms with Gasteiger partial charge in [-0.15, -0.1) is 0 Å². The number of aryl methyl sites for hydroxylation is 1. The van der Waals surface area contributed by atoms with Crippen LogP contribution in [0.1, 0.15) is 38.2 Å². The minimum Gasteiger partial charge on any atom is -0.469 e. The third-order valence-electron chi connectivity index (χ3n) is 3.18. The van der Waals surface area contributed by atoms with Gasteiger partial charge in [-0.3, -0.25) is 4.79 Å². The van der Waals surface area contributed by atoms with Crippen LogP contribution in [0.5, 0.6) is 0 Å². The third-order valence-corrected chi connectivity index (χ3v) is 3.18. The predicted molar refractivity (Wildman–Crippen MR) is 79.6 cm³/mol. The first-order chi connectivity index (χ1) is 9.17. The van der Waals surface area contributed by atoms with Gasteiger partial charge in [-0.1, -0.05) is 25.5 Å². The van der Waals surface area contributed by atoms with Crippen LogP contribution in [0.15, 0.2) is 24.3 Å². The molecule has 0 radical (unpaired) electrons. The Morgan fingerprint density at radius 1 is 1.26 bits per heavy atom. The maximum atomic E-state index is 11.2. The zero-order chi connectivity index (χ0) is 14.1. The smallest absolute Gasteiger partial charge is 0.305 e. The highest BCUT2D eigenvalue weighted by molar-refractivity contribution is 5.69. The number of unbranched alkanes of at least 4 members (excludes halogenated alkanes) is 1. The molecule has 0 aliphatic rings. The van der Waals surface area contributed by atoms with Gasteiger partial charge < -0.3 is 9.64 Å². The average molecular weight is 263 g/mol. The van der Waals surface area contributed by atoms with Crippen LogP contribution in [0.25, 0.3) is 0 Å². The molecule has 3 heteroatoms. The molecule has 3 nitrogen and oxygen atoms in total. The number of ether oxygens (including phenoxy) is 1. The lowest BCUT2D eigenvalue weighted by molar-refractivity contribution is -0.140. The number of rotatable bonds is 8. The van der Waals surface area contributed by atoms with Crippen LogP contribution in [-0.2, 0) is 9.53 Å². The van der Waals surface area contributed by atoms with Gasteiger partial charge >= 0.3 is 5.97 Å². The summed E-state index contributed by atoms with van der Waals surface area (Å²) >= 11 is 0. The molecule has 0 aliphatic heterocycles. The van der Waals surface area contributed by atoms with Crippen molar-refractivity contribution in [2.75, 3.05) is 25.1 Å². The number of carbonyl (C=O) groups is 1. The molecule has 19 heavy (non-hydrogen) atoms. The largest absolute Gasteiger partial charge is 0.469 e. The van der Waals surface area contributed by atoms with Crippen LogP contribution in [0.4, 0.5) is 5.69 Å². The van der Waals surface area contributed by atoms with Gasteiger partial charge in [0.05, 0.1) is 7.11 Å². The Labute approximate surface area is 116 Å². The van der Waals surface area contributed by atoms with Gasteiger partial charge in [0.1, 0.15) is 0 Å². The quantitative estimate of drug-likeness (QED) is 0.672. The molecule has 0 saturated heterocycles. The van der Waals surface area contributed by atoms with E-state index in [0.717, 1.165) is 19.5 Å². The second-order valence-corrected chi connectivity index (χ2v) is 4.86. The minimum atomic E-state index is -0.125. The van der Waals surface area contributed by atoms with Crippen LogP contribution < -0.4 is 4.90 Å². The van der Waals surface area contributed by atoms with Crippen molar-refractivity contribution >= 4 is 11.7 Å². The molecule has 0 amide bonds. The van der Waals surface area contributed by atoms with Crippen molar-refractivity contribution in [2.24, 2.45) is 0 Å². The van der Waals surface area contributed by atoms with Crippen molar-refractivity contribution in [3.63, 3.8) is 0 Å². The zero-order valence-electron chi connectivity index (χ0n) is 12.3. The molecule has 0 fully saturated rings. The third kappa shape index (κ3) is 5.77. The topological polar surface area (TPSA) is 29.5 Å². The van der Waals surface area contributed by atoms with E-state index in [0.29, 0.717) is 6.42 Å². The molecule has 1 aromatic rings. The molecule has 0 aliphatic carbocycles. The summed E-state index contributed by atoms with van der Waals surface area (Å²) in [7, 11) is 1.44. The van der Waals surface area contributed by atoms with E-state index >= 15 is 0 Å². The molecule has 1 aromatic carbocycles. The molecular formula is C16H25NO2. The molecule has 0 heterocycles. The fraction of sp³-hybridized carbons (Fsp3) is 0.562. The SMILES string of the molecule is CCCCN(CCCC(=O)OC)c1cccc(C)c1. The van der Waals surface area contributed by atoms with Gasteiger partial charge in [0.15, 0.2) is 0 Å². The molecule has 0 aromatic heterocycles. The molecule has 106 valence electrons. The van der Waals surface area contributed by atoms with E-state index in [1.54, 1.807) is 0 Å². The van der Waals surface area contributed by atoms with Crippen molar-refractivity contribution in [1.82, 2.24) is 0 Å². The molecule has 0 bridgehead atoms. The molecule has 0 atom stereocenters. The summed E-state index contributed by atoms with van der Waals surface area (Å²) in [6, 6.07) is 8.54. The van der Waals surface area contributed by atoms with Gasteiger partial charge in [0.2, 0.25) is 0 Å². The highest BCUT2D eigenvalue weighted by atomic mass is 16.5. The number of hydrogen-bond acceptors (Lipinski definition) is 3. The minimum absolute atomic E-state index is 0.125. The fourth-order valence-electron chi connectivity index (χ4n) is 2.06. The lowest BCUT2D eigenvalue weighted by Crippen LogP contribution is -2.26. The number of carbonyl (C=O) groups excluding carboxylic acids is 1. The maximum absolute atomic E-state index is 11.2. The summed E-state index contributed by atoms with van der Waals surface area (Å²) in [5.41, 5.74) is 2.52. The number of hydrogen-bond donors (Lipinski definition) is 0.